The second-order valence-corrected chi connectivity index (χ2v) is 2.62. The molecule has 4 heteroatoms. The maximum atomic E-state index is 11.0. The van der Waals surface area contributed by atoms with Gasteiger partial charge < -0.3 is 9.53 Å². The second kappa shape index (κ2) is 3.00. The number of hydrogen-bond acceptors (Lipinski definition) is 4. The van der Waals surface area contributed by atoms with E-state index in [1.54, 1.807) is 0 Å². The van der Waals surface area contributed by atoms with Crippen molar-refractivity contribution in [2.45, 2.75) is 18.4 Å². The number of carbonyl (C=O) groups is 2. The van der Waals surface area contributed by atoms with E-state index in [-0.39, 0.29) is 12.5 Å². The van der Waals surface area contributed by atoms with Gasteiger partial charge in [0.2, 0.25) is 0 Å². The van der Waals surface area contributed by atoms with Crippen molar-refractivity contribution < 1.29 is 14.3 Å². The lowest BCUT2D eigenvalue weighted by molar-refractivity contribution is -0.144. The molecule has 1 rings (SSSR count). The lowest BCUT2D eigenvalue weighted by Crippen LogP contribution is -2.40. The Labute approximate surface area is 64.9 Å². The lowest BCUT2D eigenvalue weighted by Gasteiger charge is -2.11. The van der Waals surface area contributed by atoms with Gasteiger partial charge >= 0.3 is 5.97 Å². The van der Waals surface area contributed by atoms with E-state index in [4.69, 9.17) is 0 Å². The van der Waals surface area contributed by atoms with Crippen molar-refractivity contribution in [2.24, 2.45) is 0 Å². The van der Waals surface area contributed by atoms with Gasteiger partial charge in [0.15, 0.2) is 0 Å². The van der Waals surface area contributed by atoms with Crippen LogP contribution in [0.5, 0.6) is 0 Å². The molecule has 0 bridgehead atoms. The molecular formula is C7H11NO3. The molecule has 0 atom stereocenters. The molecule has 1 aliphatic carbocycles. The van der Waals surface area contributed by atoms with Gasteiger partial charge in [-0.25, -0.2) is 0 Å². The summed E-state index contributed by atoms with van der Waals surface area (Å²) in [7, 11) is 1.35. The topological polar surface area (TPSA) is 55.4 Å². The largest absolute Gasteiger partial charge is 0.468 e. The number of nitrogens with one attached hydrogen (secondary N) is 1. The van der Waals surface area contributed by atoms with Crippen molar-refractivity contribution in [3.05, 3.63) is 0 Å². The predicted molar refractivity (Wildman–Crippen MR) is 38.0 cm³/mol. The van der Waals surface area contributed by atoms with Gasteiger partial charge in [-0.2, -0.15) is 0 Å². The van der Waals surface area contributed by atoms with Crippen molar-refractivity contribution in [1.29, 1.82) is 0 Å². The highest BCUT2D eigenvalue weighted by atomic mass is 16.5. The molecule has 0 radical (unpaired) electrons. The van der Waals surface area contributed by atoms with Gasteiger partial charge in [0.25, 0.3) is 0 Å². The van der Waals surface area contributed by atoms with Gasteiger partial charge in [-0.05, 0) is 12.8 Å². The summed E-state index contributed by atoms with van der Waals surface area (Å²) in [6, 6.07) is 0. The zero-order valence-electron chi connectivity index (χ0n) is 6.42. The molecule has 0 unspecified atom stereocenters. The highest BCUT2D eigenvalue weighted by Gasteiger charge is 2.50. The van der Waals surface area contributed by atoms with E-state index < -0.39 is 5.54 Å². The first-order valence-corrected chi connectivity index (χ1v) is 3.52. The molecule has 0 aromatic carbocycles. The monoisotopic (exact) mass is 157 g/mol. The number of carbonyl (C=O) groups excluding carboxylic acids is 2. The fraction of sp³-hybridized carbons (Fsp3) is 0.714. The van der Waals surface area contributed by atoms with E-state index in [9.17, 15) is 9.59 Å². The van der Waals surface area contributed by atoms with E-state index in [2.05, 4.69) is 10.1 Å². The molecule has 4 nitrogen and oxygen atoms in total. The Morgan fingerprint density at radius 2 is 2.36 bits per heavy atom. The minimum absolute atomic E-state index is 0.217. The average molecular weight is 157 g/mol. The summed E-state index contributed by atoms with van der Waals surface area (Å²) >= 11 is 0. The summed E-state index contributed by atoms with van der Waals surface area (Å²) in [5.41, 5.74) is -0.532. The van der Waals surface area contributed by atoms with E-state index >= 15 is 0 Å². The average Bonchev–Trinajstić information content (AvgIpc) is 2.80. The summed E-state index contributed by atoms with van der Waals surface area (Å²) in [4.78, 5) is 21.0. The van der Waals surface area contributed by atoms with Gasteiger partial charge in [-0.15, -0.1) is 0 Å². The highest BCUT2D eigenvalue weighted by Crippen LogP contribution is 2.36. The van der Waals surface area contributed by atoms with Crippen molar-refractivity contribution >= 4 is 12.3 Å². The number of methoxy groups -OCH3 is 1. The summed E-state index contributed by atoms with van der Waals surface area (Å²) in [5, 5.41) is 2.83. The van der Waals surface area contributed by atoms with Gasteiger partial charge in [-0.3, -0.25) is 10.1 Å². The summed E-state index contributed by atoms with van der Waals surface area (Å²) in [5.74, 6) is -0.264. The number of esters is 1. The van der Waals surface area contributed by atoms with Crippen LogP contribution in [0.3, 0.4) is 0 Å². The smallest absolute Gasteiger partial charge is 0.326 e. The number of rotatable bonds is 4. The number of hydrogen-bond donors (Lipinski definition) is 1. The van der Waals surface area contributed by atoms with Crippen molar-refractivity contribution in [2.75, 3.05) is 13.7 Å². The van der Waals surface area contributed by atoms with Crippen LogP contribution < -0.4 is 5.32 Å². The molecule has 0 spiro atoms. The molecule has 1 fully saturated rings. The minimum atomic E-state index is -0.532. The molecule has 62 valence electrons. The van der Waals surface area contributed by atoms with Crippen LogP contribution in [0, 0.1) is 0 Å². The number of aldehydes is 1. The van der Waals surface area contributed by atoms with E-state index in [0.717, 1.165) is 19.1 Å². The summed E-state index contributed by atoms with van der Waals surface area (Å²) in [6.07, 6.45) is 2.28. The van der Waals surface area contributed by atoms with Crippen LogP contribution in [0.15, 0.2) is 0 Å². The Hall–Kier alpha value is -0.900. The van der Waals surface area contributed by atoms with Gasteiger partial charge in [0.05, 0.1) is 13.7 Å². The summed E-state index contributed by atoms with van der Waals surface area (Å²) < 4.78 is 4.56. The van der Waals surface area contributed by atoms with Crippen molar-refractivity contribution in [1.82, 2.24) is 5.32 Å². The zero-order valence-corrected chi connectivity index (χ0v) is 6.42. The quantitative estimate of drug-likeness (QED) is 0.440. The van der Waals surface area contributed by atoms with Crippen molar-refractivity contribution in [3.8, 4) is 0 Å². The van der Waals surface area contributed by atoms with E-state index in [1.807, 2.05) is 0 Å². The first-order chi connectivity index (χ1) is 5.25. The second-order valence-electron chi connectivity index (χ2n) is 2.62. The Kier molecular flexibility index (Phi) is 2.24. The SMILES string of the molecule is COC(=O)C1(NCC=O)CC1. The maximum absolute atomic E-state index is 11.0. The summed E-state index contributed by atoms with van der Waals surface area (Å²) in [6.45, 7) is 0.217. The van der Waals surface area contributed by atoms with Gasteiger partial charge in [0, 0.05) is 0 Å². The van der Waals surface area contributed by atoms with Crippen molar-refractivity contribution in [3.63, 3.8) is 0 Å². The Morgan fingerprint density at radius 3 is 2.73 bits per heavy atom. The third-order valence-electron chi connectivity index (χ3n) is 1.85. The molecule has 11 heavy (non-hydrogen) atoms. The molecule has 0 aliphatic heterocycles. The minimum Gasteiger partial charge on any atom is -0.468 e. The first-order valence-electron chi connectivity index (χ1n) is 3.52. The molecule has 0 aromatic heterocycles. The van der Waals surface area contributed by atoms with E-state index in [0.29, 0.717) is 0 Å². The third-order valence-corrected chi connectivity index (χ3v) is 1.85. The Bertz CT molecular complexity index is 175. The molecule has 0 amide bonds. The van der Waals surface area contributed by atoms with E-state index in [1.165, 1.54) is 7.11 Å². The molecule has 1 aliphatic rings. The molecular weight excluding hydrogens is 146 g/mol. The van der Waals surface area contributed by atoms with Crippen LogP contribution in [-0.4, -0.2) is 31.4 Å². The first kappa shape index (κ1) is 8.20. The van der Waals surface area contributed by atoms with Gasteiger partial charge in [-0.1, -0.05) is 0 Å². The fourth-order valence-electron chi connectivity index (χ4n) is 1.01. The maximum Gasteiger partial charge on any atom is 0.326 e. The normalized spacial score (nSPS) is 19.0. The standard InChI is InChI=1S/C7H11NO3/c1-11-6(10)7(2-3-7)8-4-5-9/h5,8H,2-4H2,1H3. The zero-order chi connectivity index (χ0) is 8.32. The van der Waals surface area contributed by atoms with Crippen LogP contribution in [0.1, 0.15) is 12.8 Å². The molecule has 1 saturated carbocycles. The third kappa shape index (κ3) is 1.57. The molecule has 0 saturated heterocycles. The van der Waals surface area contributed by atoms with Crippen LogP contribution in [0.2, 0.25) is 0 Å². The van der Waals surface area contributed by atoms with Crippen LogP contribution in [0.25, 0.3) is 0 Å². The Balaban J connectivity index is 2.40. The molecule has 0 aromatic rings. The predicted octanol–water partition coefficient (Wildman–Crippen LogP) is -0.520. The Morgan fingerprint density at radius 1 is 1.73 bits per heavy atom. The lowest BCUT2D eigenvalue weighted by atomic mass is 10.3. The fourth-order valence-corrected chi connectivity index (χ4v) is 1.01. The molecule has 1 N–H and O–H groups in total. The molecule has 0 heterocycles. The van der Waals surface area contributed by atoms with Gasteiger partial charge in [0.1, 0.15) is 11.8 Å². The highest BCUT2D eigenvalue weighted by molar-refractivity contribution is 5.84. The van der Waals surface area contributed by atoms with Crippen LogP contribution in [0.4, 0.5) is 0 Å². The van der Waals surface area contributed by atoms with Crippen LogP contribution >= 0.6 is 0 Å². The van der Waals surface area contributed by atoms with Crippen LogP contribution in [-0.2, 0) is 14.3 Å². The number of ether oxygens (including phenoxy) is 1.